The number of carbonyl (C=O) groups excluding carboxylic acids is 1. The van der Waals surface area contributed by atoms with Crippen LogP contribution in [-0.2, 0) is 13.0 Å². The van der Waals surface area contributed by atoms with Crippen LogP contribution in [0.1, 0.15) is 40.9 Å². The fourth-order valence-corrected chi connectivity index (χ4v) is 4.68. The summed E-state index contributed by atoms with van der Waals surface area (Å²) in [6.45, 7) is 0.629. The van der Waals surface area contributed by atoms with Crippen molar-refractivity contribution in [3.8, 4) is 11.1 Å². The number of aromatic amines is 1. The summed E-state index contributed by atoms with van der Waals surface area (Å²) >= 11 is 0. The van der Waals surface area contributed by atoms with E-state index in [2.05, 4.69) is 10.3 Å². The number of hydrogen-bond donors (Lipinski definition) is 2. The van der Waals surface area contributed by atoms with E-state index in [1.54, 1.807) is 18.2 Å². The number of aromatic nitrogens is 1. The van der Waals surface area contributed by atoms with Crippen molar-refractivity contribution in [1.29, 1.82) is 0 Å². The Labute approximate surface area is 197 Å². The number of Topliss-reactive ketones (excluding diaryl/α,β-unsaturated/α-hetero) is 1. The van der Waals surface area contributed by atoms with E-state index in [0.717, 1.165) is 52.6 Å². The second kappa shape index (κ2) is 9.86. The lowest BCUT2D eigenvalue weighted by atomic mass is 9.93. The van der Waals surface area contributed by atoms with Crippen molar-refractivity contribution in [2.75, 3.05) is 0 Å². The third-order valence-electron chi connectivity index (χ3n) is 6.32. The fraction of sp³-hybridized carbons (Fsp3) is 0.222. The van der Waals surface area contributed by atoms with Crippen molar-refractivity contribution < 1.29 is 13.6 Å². The summed E-state index contributed by atoms with van der Waals surface area (Å²) in [4.78, 5) is 15.6. The van der Waals surface area contributed by atoms with Crippen molar-refractivity contribution in [1.82, 2.24) is 10.3 Å². The lowest BCUT2D eigenvalue weighted by Gasteiger charge is -2.24. The molecule has 3 nitrogen and oxygen atoms in total. The summed E-state index contributed by atoms with van der Waals surface area (Å²) in [6, 6.07) is 19.1. The maximum absolute atomic E-state index is 14.6. The Kier molecular flexibility index (Phi) is 6.91. The van der Waals surface area contributed by atoms with E-state index < -0.39 is 0 Å². The zero-order valence-corrected chi connectivity index (χ0v) is 18.9. The smallest absolute Gasteiger partial charge is 0.162 e. The van der Waals surface area contributed by atoms with Gasteiger partial charge in [0.15, 0.2) is 5.78 Å². The molecule has 1 unspecified atom stereocenters. The van der Waals surface area contributed by atoms with E-state index >= 15 is 0 Å². The molecule has 0 saturated heterocycles. The topological polar surface area (TPSA) is 44.9 Å². The Bertz CT molecular complexity index is 1270. The van der Waals surface area contributed by atoms with Crippen LogP contribution < -0.4 is 5.32 Å². The van der Waals surface area contributed by atoms with Crippen molar-refractivity contribution in [2.45, 2.75) is 38.3 Å². The molecule has 2 heterocycles. The number of rotatable bonds is 6. The van der Waals surface area contributed by atoms with Gasteiger partial charge in [-0.15, -0.1) is 12.4 Å². The lowest BCUT2D eigenvalue weighted by molar-refractivity contribution is 0.0978. The summed E-state index contributed by atoms with van der Waals surface area (Å²) in [6.07, 6.45) is 2.95. The summed E-state index contributed by atoms with van der Waals surface area (Å²) in [5, 5.41) is 4.42. The van der Waals surface area contributed by atoms with Gasteiger partial charge in [0.1, 0.15) is 11.6 Å². The normalized spacial score (nSPS) is 15.2. The van der Waals surface area contributed by atoms with E-state index in [4.69, 9.17) is 0 Å². The Morgan fingerprint density at radius 3 is 2.48 bits per heavy atom. The van der Waals surface area contributed by atoms with Gasteiger partial charge in [-0.25, -0.2) is 8.78 Å². The molecule has 0 radical (unpaired) electrons. The maximum Gasteiger partial charge on any atom is 0.162 e. The number of hydrogen-bond acceptors (Lipinski definition) is 2. The summed E-state index contributed by atoms with van der Waals surface area (Å²) in [5.74, 6) is -0.414. The largest absolute Gasteiger partial charge is 0.356 e. The predicted octanol–water partition coefficient (Wildman–Crippen LogP) is 6.60. The Balaban J connectivity index is 0.00000259. The molecule has 170 valence electrons. The van der Waals surface area contributed by atoms with Gasteiger partial charge in [-0.3, -0.25) is 4.79 Å². The third-order valence-corrected chi connectivity index (χ3v) is 6.32. The molecular weight excluding hydrogens is 442 g/mol. The van der Waals surface area contributed by atoms with E-state index in [9.17, 15) is 13.6 Å². The monoisotopic (exact) mass is 466 g/mol. The van der Waals surface area contributed by atoms with E-state index in [1.165, 1.54) is 18.2 Å². The second-order valence-electron chi connectivity index (χ2n) is 8.40. The van der Waals surface area contributed by atoms with Crippen LogP contribution in [0.5, 0.6) is 0 Å². The van der Waals surface area contributed by atoms with Gasteiger partial charge in [0.25, 0.3) is 0 Å². The quantitative estimate of drug-likeness (QED) is 0.314. The van der Waals surface area contributed by atoms with Crippen molar-refractivity contribution in [3.05, 3.63) is 95.2 Å². The number of nitrogens with one attached hydrogen (secondary N) is 2. The zero-order valence-electron chi connectivity index (χ0n) is 18.0. The van der Waals surface area contributed by atoms with Crippen molar-refractivity contribution in [3.63, 3.8) is 0 Å². The predicted molar refractivity (Wildman–Crippen MR) is 130 cm³/mol. The zero-order chi connectivity index (χ0) is 22.1. The van der Waals surface area contributed by atoms with Crippen LogP contribution in [0.15, 0.2) is 66.7 Å². The lowest BCUT2D eigenvalue weighted by Crippen LogP contribution is -2.35. The van der Waals surface area contributed by atoms with E-state index in [-0.39, 0.29) is 35.9 Å². The van der Waals surface area contributed by atoms with Crippen LogP contribution in [0, 0.1) is 11.6 Å². The third kappa shape index (κ3) is 4.70. The molecule has 4 aromatic rings. The van der Waals surface area contributed by atoms with Gasteiger partial charge < -0.3 is 10.3 Å². The molecule has 0 aliphatic carbocycles. The van der Waals surface area contributed by atoms with E-state index in [0.29, 0.717) is 18.5 Å². The first-order valence-electron chi connectivity index (χ1n) is 11.0. The number of H-pyrrole nitrogens is 1. The average molecular weight is 467 g/mol. The van der Waals surface area contributed by atoms with Gasteiger partial charge in [0, 0.05) is 42.1 Å². The molecular formula is C27H25ClF2N2O. The molecule has 0 bridgehead atoms. The Hall–Kier alpha value is -3.02. The molecule has 5 rings (SSSR count). The minimum absolute atomic E-state index is 0. The fourth-order valence-electron chi connectivity index (χ4n) is 4.68. The van der Waals surface area contributed by atoms with Crippen LogP contribution in [-0.4, -0.2) is 16.8 Å². The Morgan fingerprint density at radius 1 is 0.970 bits per heavy atom. The van der Waals surface area contributed by atoms with Gasteiger partial charge in [0.2, 0.25) is 0 Å². The summed E-state index contributed by atoms with van der Waals surface area (Å²) in [7, 11) is 0. The molecule has 1 aromatic heterocycles. The van der Waals surface area contributed by atoms with Gasteiger partial charge in [-0.05, 0) is 47.7 Å². The minimum atomic E-state index is -0.293. The molecule has 0 spiro atoms. The van der Waals surface area contributed by atoms with Gasteiger partial charge in [-0.1, -0.05) is 48.5 Å². The van der Waals surface area contributed by atoms with E-state index in [1.807, 2.05) is 30.3 Å². The first-order chi connectivity index (χ1) is 15.6. The molecule has 3 aromatic carbocycles. The van der Waals surface area contributed by atoms with Crippen LogP contribution in [0.4, 0.5) is 8.78 Å². The summed E-state index contributed by atoms with van der Waals surface area (Å²) in [5.41, 5.74) is 5.11. The second-order valence-corrected chi connectivity index (χ2v) is 8.40. The molecule has 33 heavy (non-hydrogen) atoms. The molecule has 1 aliphatic rings. The van der Waals surface area contributed by atoms with Crippen molar-refractivity contribution >= 4 is 29.1 Å². The Morgan fingerprint density at radius 2 is 1.73 bits per heavy atom. The number of carbonyl (C=O) groups is 1. The van der Waals surface area contributed by atoms with Crippen LogP contribution in [0.3, 0.4) is 0 Å². The van der Waals surface area contributed by atoms with Crippen LogP contribution in [0.25, 0.3) is 22.0 Å². The highest BCUT2D eigenvalue weighted by molar-refractivity contribution is 5.99. The highest BCUT2D eigenvalue weighted by atomic mass is 35.5. The summed E-state index contributed by atoms with van der Waals surface area (Å²) < 4.78 is 28.0. The molecule has 0 fully saturated rings. The number of ketones is 1. The average Bonchev–Trinajstić information content (AvgIpc) is 3.20. The number of benzene rings is 3. The molecule has 6 heteroatoms. The van der Waals surface area contributed by atoms with Crippen LogP contribution >= 0.6 is 12.4 Å². The maximum atomic E-state index is 14.6. The molecule has 0 saturated carbocycles. The van der Waals surface area contributed by atoms with Gasteiger partial charge in [0.05, 0.1) is 5.52 Å². The molecule has 1 atom stereocenters. The standard InChI is InChI=1S/C27H24F2N2O.ClH/c28-19-11-9-17(10-12-19)21-13-14-23(29)27-26(21)22-16-30-20(15-24(22)31-27)7-4-8-25(32)18-5-2-1-3-6-18;/h1-3,5-6,9-14,20,30-31H,4,7-8,15-16H2;1H. The highest BCUT2D eigenvalue weighted by Gasteiger charge is 2.25. The number of fused-ring (bicyclic) bond motifs is 3. The molecule has 2 N–H and O–H groups in total. The van der Waals surface area contributed by atoms with Crippen molar-refractivity contribution in [2.24, 2.45) is 0 Å². The molecule has 1 aliphatic heterocycles. The minimum Gasteiger partial charge on any atom is -0.356 e. The first-order valence-corrected chi connectivity index (χ1v) is 11.0. The first kappa shape index (κ1) is 23.1. The number of halogens is 3. The SMILES string of the molecule is Cl.O=C(CCCC1Cc2[nH]c3c(F)ccc(-c4ccc(F)cc4)c3c2CN1)c1ccccc1. The molecule has 0 amide bonds. The highest BCUT2D eigenvalue weighted by Crippen LogP contribution is 2.36. The van der Waals surface area contributed by atoms with Gasteiger partial charge in [-0.2, -0.15) is 0 Å². The van der Waals surface area contributed by atoms with Gasteiger partial charge >= 0.3 is 0 Å². The van der Waals surface area contributed by atoms with Crippen LogP contribution in [0.2, 0.25) is 0 Å².